The molecule has 0 atom stereocenters. The molecule has 3 nitrogen and oxygen atoms in total. The van der Waals surface area contributed by atoms with Gasteiger partial charge in [-0.05, 0) is 25.7 Å². The fraction of sp³-hybridized carbons (Fsp3) is 0.545. The van der Waals surface area contributed by atoms with Crippen LogP contribution in [0, 0.1) is 18.8 Å². The largest absolute Gasteiger partial charge is 0.396 e. The van der Waals surface area contributed by atoms with Crippen LogP contribution in [0.2, 0.25) is 0 Å². The quantitative estimate of drug-likeness (QED) is 0.578. The van der Waals surface area contributed by atoms with Crippen LogP contribution in [0.1, 0.15) is 30.8 Å². The Morgan fingerprint density at radius 2 is 2.29 bits per heavy atom. The molecule has 1 rings (SSSR count). The molecular weight excluding hydrogens is 176 g/mol. The number of aromatic nitrogens is 2. The van der Waals surface area contributed by atoms with Crippen LogP contribution in [0.5, 0.6) is 0 Å². The molecule has 0 amide bonds. The van der Waals surface area contributed by atoms with E-state index in [0.29, 0.717) is 0 Å². The van der Waals surface area contributed by atoms with E-state index >= 15 is 0 Å². The van der Waals surface area contributed by atoms with Crippen molar-refractivity contribution in [1.82, 2.24) is 9.55 Å². The van der Waals surface area contributed by atoms with Gasteiger partial charge in [-0.1, -0.05) is 5.92 Å². The predicted molar refractivity (Wildman–Crippen MR) is 55.8 cm³/mol. The second-order valence-corrected chi connectivity index (χ2v) is 3.23. The Balaban J connectivity index is 2.47. The smallest absolute Gasteiger partial charge is 0.112 e. The van der Waals surface area contributed by atoms with E-state index in [1.165, 1.54) is 0 Å². The highest BCUT2D eigenvalue weighted by molar-refractivity contribution is 5.27. The molecular formula is C11H16N2O. The number of aliphatic hydroxyl groups is 1. The van der Waals surface area contributed by atoms with Gasteiger partial charge in [0.1, 0.15) is 11.5 Å². The second kappa shape index (κ2) is 5.46. The van der Waals surface area contributed by atoms with Crippen LogP contribution >= 0.6 is 0 Å². The highest BCUT2D eigenvalue weighted by Gasteiger charge is 1.96. The van der Waals surface area contributed by atoms with Gasteiger partial charge in [-0.25, -0.2) is 4.98 Å². The van der Waals surface area contributed by atoms with Gasteiger partial charge < -0.3 is 9.67 Å². The molecule has 14 heavy (non-hydrogen) atoms. The molecule has 0 saturated heterocycles. The van der Waals surface area contributed by atoms with E-state index in [2.05, 4.69) is 16.8 Å². The van der Waals surface area contributed by atoms with Crippen molar-refractivity contribution in [3.8, 4) is 11.8 Å². The van der Waals surface area contributed by atoms with E-state index in [1.54, 1.807) is 6.20 Å². The standard InChI is InChI=1S/C11H16N2O/c1-10-12-9-11(13(10)2)7-5-3-4-6-8-14/h9,14H,3-4,6,8H2,1-2H3. The molecule has 1 heterocycles. The molecule has 0 aliphatic carbocycles. The molecule has 0 saturated carbocycles. The zero-order valence-corrected chi connectivity index (χ0v) is 8.75. The number of unbranched alkanes of at least 4 members (excludes halogenated alkanes) is 2. The zero-order valence-electron chi connectivity index (χ0n) is 8.75. The van der Waals surface area contributed by atoms with Crippen molar-refractivity contribution < 1.29 is 5.11 Å². The van der Waals surface area contributed by atoms with Gasteiger partial charge in [0.15, 0.2) is 0 Å². The third-order valence-electron chi connectivity index (χ3n) is 2.15. The van der Waals surface area contributed by atoms with Gasteiger partial charge in [0.2, 0.25) is 0 Å². The number of aryl methyl sites for hydroxylation is 1. The number of nitrogens with zero attached hydrogens (tertiary/aromatic N) is 2. The van der Waals surface area contributed by atoms with Crippen molar-refractivity contribution in [2.45, 2.75) is 26.2 Å². The number of hydrogen-bond donors (Lipinski definition) is 1. The van der Waals surface area contributed by atoms with Crippen LogP contribution in [0.3, 0.4) is 0 Å². The molecule has 0 aliphatic rings. The molecule has 76 valence electrons. The molecule has 1 aromatic heterocycles. The minimum atomic E-state index is 0.256. The summed E-state index contributed by atoms with van der Waals surface area (Å²) in [5, 5.41) is 8.57. The Bertz CT molecular complexity index is 344. The summed E-state index contributed by atoms with van der Waals surface area (Å²) in [4.78, 5) is 4.15. The second-order valence-electron chi connectivity index (χ2n) is 3.23. The summed E-state index contributed by atoms with van der Waals surface area (Å²) < 4.78 is 1.97. The topological polar surface area (TPSA) is 38.1 Å². The summed E-state index contributed by atoms with van der Waals surface area (Å²) in [5.74, 6) is 7.11. The van der Waals surface area contributed by atoms with Gasteiger partial charge in [0, 0.05) is 20.1 Å². The summed E-state index contributed by atoms with van der Waals surface area (Å²) in [6, 6.07) is 0. The average Bonchev–Trinajstić information content (AvgIpc) is 2.49. The summed E-state index contributed by atoms with van der Waals surface area (Å²) in [7, 11) is 1.96. The lowest BCUT2D eigenvalue weighted by atomic mass is 10.2. The first-order chi connectivity index (χ1) is 6.75. The van der Waals surface area contributed by atoms with Gasteiger partial charge in [-0.15, -0.1) is 0 Å². The van der Waals surface area contributed by atoms with Crippen LogP contribution < -0.4 is 0 Å². The summed E-state index contributed by atoms with van der Waals surface area (Å²) in [6.45, 7) is 2.21. The highest BCUT2D eigenvalue weighted by Crippen LogP contribution is 1.99. The summed E-state index contributed by atoms with van der Waals surface area (Å²) in [5.41, 5.74) is 0.950. The summed E-state index contributed by atoms with van der Waals surface area (Å²) in [6.07, 6.45) is 4.42. The SMILES string of the molecule is Cc1ncc(C#CCCCCO)n1C. The van der Waals surface area contributed by atoms with Gasteiger partial charge in [-0.3, -0.25) is 0 Å². The highest BCUT2D eigenvalue weighted by atomic mass is 16.2. The van der Waals surface area contributed by atoms with E-state index in [1.807, 2.05) is 18.5 Å². The molecule has 0 fully saturated rings. The van der Waals surface area contributed by atoms with E-state index < -0.39 is 0 Å². The lowest BCUT2D eigenvalue weighted by Crippen LogP contribution is -1.93. The Morgan fingerprint density at radius 3 is 2.86 bits per heavy atom. The van der Waals surface area contributed by atoms with Crippen LogP contribution in [0.25, 0.3) is 0 Å². The minimum Gasteiger partial charge on any atom is -0.396 e. The first kappa shape index (κ1) is 10.8. The molecule has 1 N–H and O–H groups in total. The maximum atomic E-state index is 8.57. The molecule has 1 aromatic rings. The first-order valence-electron chi connectivity index (χ1n) is 4.83. The van der Waals surface area contributed by atoms with Crippen LogP contribution in [0.4, 0.5) is 0 Å². The first-order valence-corrected chi connectivity index (χ1v) is 4.83. The Morgan fingerprint density at radius 1 is 1.50 bits per heavy atom. The molecule has 0 bridgehead atoms. The normalized spacial score (nSPS) is 9.64. The third kappa shape index (κ3) is 2.90. The molecule has 0 radical (unpaired) electrons. The van der Waals surface area contributed by atoms with Gasteiger partial charge in [-0.2, -0.15) is 0 Å². The third-order valence-corrected chi connectivity index (χ3v) is 2.15. The number of imidazole rings is 1. The van der Waals surface area contributed by atoms with E-state index in [9.17, 15) is 0 Å². The average molecular weight is 192 g/mol. The van der Waals surface area contributed by atoms with Crippen molar-refractivity contribution in [2.75, 3.05) is 6.61 Å². The fourth-order valence-electron chi connectivity index (χ4n) is 1.10. The van der Waals surface area contributed by atoms with Crippen LogP contribution in [0.15, 0.2) is 6.20 Å². The predicted octanol–water partition coefficient (Wildman–Crippen LogP) is 1.24. The maximum absolute atomic E-state index is 8.57. The zero-order chi connectivity index (χ0) is 10.4. The fourth-order valence-corrected chi connectivity index (χ4v) is 1.10. The van der Waals surface area contributed by atoms with Gasteiger partial charge >= 0.3 is 0 Å². The summed E-state index contributed by atoms with van der Waals surface area (Å²) >= 11 is 0. The van der Waals surface area contributed by atoms with E-state index in [0.717, 1.165) is 30.8 Å². The number of rotatable bonds is 3. The molecule has 0 spiro atoms. The molecule has 0 aromatic carbocycles. The van der Waals surface area contributed by atoms with Crippen LogP contribution in [-0.4, -0.2) is 21.3 Å². The van der Waals surface area contributed by atoms with Crippen LogP contribution in [-0.2, 0) is 7.05 Å². The molecule has 0 unspecified atom stereocenters. The van der Waals surface area contributed by atoms with Crippen molar-refractivity contribution >= 4 is 0 Å². The Labute approximate surface area is 84.8 Å². The lowest BCUT2D eigenvalue weighted by molar-refractivity contribution is 0.285. The Hall–Kier alpha value is -1.27. The minimum absolute atomic E-state index is 0.256. The Kier molecular flexibility index (Phi) is 4.21. The number of aliphatic hydroxyl groups excluding tert-OH is 1. The molecule has 0 aliphatic heterocycles. The van der Waals surface area contributed by atoms with E-state index in [-0.39, 0.29) is 6.61 Å². The maximum Gasteiger partial charge on any atom is 0.112 e. The lowest BCUT2D eigenvalue weighted by Gasteiger charge is -1.94. The van der Waals surface area contributed by atoms with Crippen molar-refractivity contribution in [3.05, 3.63) is 17.7 Å². The van der Waals surface area contributed by atoms with Crippen molar-refractivity contribution in [3.63, 3.8) is 0 Å². The van der Waals surface area contributed by atoms with E-state index in [4.69, 9.17) is 5.11 Å². The van der Waals surface area contributed by atoms with Crippen molar-refractivity contribution in [1.29, 1.82) is 0 Å². The monoisotopic (exact) mass is 192 g/mol. The number of hydrogen-bond acceptors (Lipinski definition) is 2. The molecule has 3 heteroatoms. The van der Waals surface area contributed by atoms with Gasteiger partial charge in [0.25, 0.3) is 0 Å². The van der Waals surface area contributed by atoms with Gasteiger partial charge in [0.05, 0.1) is 6.20 Å². The van der Waals surface area contributed by atoms with Crippen molar-refractivity contribution in [2.24, 2.45) is 7.05 Å².